The van der Waals surface area contributed by atoms with Crippen molar-refractivity contribution in [3.63, 3.8) is 0 Å². The van der Waals surface area contributed by atoms with E-state index in [4.69, 9.17) is 4.74 Å². The van der Waals surface area contributed by atoms with Crippen LogP contribution in [0, 0.1) is 0 Å². The summed E-state index contributed by atoms with van der Waals surface area (Å²) in [5.74, 6) is 0.593. The van der Waals surface area contributed by atoms with Gasteiger partial charge in [0.2, 0.25) is 20.0 Å². The maximum Gasteiger partial charge on any atom is 0.240 e. The Kier molecular flexibility index (Phi) is 7.65. The molecule has 0 aliphatic rings. The Bertz CT molecular complexity index is 713. The molecular weight excluding hydrogens is 352 g/mol. The van der Waals surface area contributed by atoms with Crippen LogP contribution in [0.4, 0.5) is 0 Å². The van der Waals surface area contributed by atoms with E-state index in [1.54, 1.807) is 12.1 Å². The van der Waals surface area contributed by atoms with E-state index in [9.17, 15) is 16.8 Å². The van der Waals surface area contributed by atoms with Gasteiger partial charge in [-0.05, 0) is 44.5 Å². The minimum atomic E-state index is -3.69. The zero-order valence-electron chi connectivity index (χ0n) is 14.5. The highest BCUT2D eigenvalue weighted by molar-refractivity contribution is 7.89. The van der Waals surface area contributed by atoms with Crippen LogP contribution in [0.15, 0.2) is 29.2 Å². The molecular formula is C15H26N2O5S2. The molecule has 0 aliphatic carbocycles. The van der Waals surface area contributed by atoms with Gasteiger partial charge in [-0.15, -0.1) is 0 Å². The highest BCUT2D eigenvalue weighted by Gasteiger charge is 2.18. The molecule has 0 unspecified atom stereocenters. The Morgan fingerprint density at radius 3 is 2.12 bits per heavy atom. The summed E-state index contributed by atoms with van der Waals surface area (Å²) in [6.07, 6.45) is 1.79. The van der Waals surface area contributed by atoms with Crippen molar-refractivity contribution in [3.05, 3.63) is 24.3 Å². The molecule has 24 heavy (non-hydrogen) atoms. The smallest absolute Gasteiger partial charge is 0.240 e. The molecule has 0 saturated carbocycles. The number of rotatable bonds is 10. The number of nitrogens with one attached hydrogen (secondary N) is 1. The van der Waals surface area contributed by atoms with Crippen LogP contribution in [0.1, 0.15) is 27.2 Å². The van der Waals surface area contributed by atoms with E-state index < -0.39 is 20.0 Å². The molecule has 1 aromatic carbocycles. The molecule has 0 atom stereocenters. The Morgan fingerprint density at radius 1 is 1.08 bits per heavy atom. The quantitative estimate of drug-likeness (QED) is 0.665. The Balaban J connectivity index is 2.69. The van der Waals surface area contributed by atoms with Gasteiger partial charge in [0.1, 0.15) is 5.75 Å². The first-order valence-electron chi connectivity index (χ1n) is 7.77. The van der Waals surface area contributed by atoms with E-state index in [-0.39, 0.29) is 24.1 Å². The molecule has 0 bridgehead atoms. The van der Waals surface area contributed by atoms with Gasteiger partial charge in [0.05, 0.1) is 17.3 Å². The topological polar surface area (TPSA) is 92.8 Å². The number of sulfonamides is 2. The minimum Gasteiger partial charge on any atom is -0.491 e. The van der Waals surface area contributed by atoms with Crippen molar-refractivity contribution in [3.8, 4) is 5.75 Å². The molecule has 0 fully saturated rings. The third-order valence-electron chi connectivity index (χ3n) is 3.10. The molecule has 138 valence electrons. The largest absolute Gasteiger partial charge is 0.491 e. The van der Waals surface area contributed by atoms with Crippen LogP contribution < -0.4 is 9.46 Å². The van der Waals surface area contributed by atoms with E-state index in [1.165, 1.54) is 16.4 Å². The number of nitrogens with zero attached hydrogens (tertiary/aromatic N) is 1. The van der Waals surface area contributed by atoms with Crippen LogP contribution >= 0.6 is 0 Å². The molecule has 7 nitrogen and oxygen atoms in total. The van der Waals surface area contributed by atoms with Crippen LogP contribution in [0.2, 0.25) is 0 Å². The summed E-state index contributed by atoms with van der Waals surface area (Å²) in [5, 5.41) is 0. The lowest BCUT2D eigenvalue weighted by molar-refractivity contribution is 0.242. The van der Waals surface area contributed by atoms with Crippen LogP contribution in [0.3, 0.4) is 0 Å². The fourth-order valence-electron chi connectivity index (χ4n) is 2.05. The molecule has 0 radical (unpaired) electrons. The summed E-state index contributed by atoms with van der Waals surface area (Å²) >= 11 is 0. The zero-order chi connectivity index (χ0) is 18.4. The van der Waals surface area contributed by atoms with E-state index >= 15 is 0 Å². The lowest BCUT2D eigenvalue weighted by atomic mass is 10.3. The summed E-state index contributed by atoms with van der Waals surface area (Å²) in [7, 11) is -7.03. The standard InChI is InChI=1S/C15H26N2O5S2/c1-5-11-17(23(4,18)19)12-10-16-24(20,21)15-8-6-14(7-9-15)22-13(2)3/h6-9,13,16H,5,10-12H2,1-4H3. The molecule has 0 spiro atoms. The maximum atomic E-state index is 12.2. The number of hydrogen-bond donors (Lipinski definition) is 1. The predicted octanol–water partition coefficient (Wildman–Crippen LogP) is 1.42. The monoisotopic (exact) mass is 378 g/mol. The lowest BCUT2D eigenvalue weighted by Crippen LogP contribution is -2.38. The van der Waals surface area contributed by atoms with Crippen molar-refractivity contribution >= 4 is 20.0 Å². The first kappa shape index (κ1) is 20.9. The second kappa shape index (κ2) is 8.80. The minimum absolute atomic E-state index is 0.00567. The third kappa shape index (κ3) is 6.76. The predicted molar refractivity (Wildman–Crippen MR) is 94.1 cm³/mol. The van der Waals surface area contributed by atoms with Gasteiger partial charge >= 0.3 is 0 Å². The van der Waals surface area contributed by atoms with Gasteiger partial charge in [-0.25, -0.2) is 25.9 Å². The lowest BCUT2D eigenvalue weighted by Gasteiger charge is -2.19. The average molecular weight is 379 g/mol. The molecule has 1 rings (SSSR count). The van der Waals surface area contributed by atoms with E-state index in [0.717, 1.165) is 6.26 Å². The van der Waals surface area contributed by atoms with Crippen molar-refractivity contribution < 1.29 is 21.6 Å². The van der Waals surface area contributed by atoms with Crippen molar-refractivity contribution in [2.24, 2.45) is 0 Å². The second-order valence-corrected chi connectivity index (χ2v) is 9.45. The normalized spacial score (nSPS) is 12.8. The molecule has 0 saturated heterocycles. The highest BCUT2D eigenvalue weighted by atomic mass is 32.2. The van der Waals surface area contributed by atoms with Crippen molar-refractivity contribution in [2.45, 2.75) is 38.2 Å². The molecule has 0 aromatic heterocycles. The summed E-state index contributed by atoms with van der Waals surface area (Å²) in [6, 6.07) is 6.10. The van der Waals surface area contributed by atoms with Crippen LogP contribution in [-0.2, 0) is 20.0 Å². The van der Waals surface area contributed by atoms with Crippen molar-refractivity contribution in [2.75, 3.05) is 25.9 Å². The molecule has 1 aromatic rings. The van der Waals surface area contributed by atoms with Gasteiger partial charge in [-0.2, -0.15) is 0 Å². The Hall–Kier alpha value is -1.16. The Labute approximate surface area is 145 Å². The summed E-state index contributed by atoms with van der Waals surface area (Å²) < 4.78 is 56.8. The number of ether oxygens (including phenoxy) is 1. The van der Waals surface area contributed by atoms with Crippen molar-refractivity contribution in [1.29, 1.82) is 0 Å². The summed E-state index contributed by atoms with van der Waals surface area (Å²) in [6.45, 7) is 6.11. The number of hydrogen-bond acceptors (Lipinski definition) is 5. The molecule has 9 heteroatoms. The molecule has 0 amide bonds. The van der Waals surface area contributed by atoms with Gasteiger partial charge in [-0.3, -0.25) is 0 Å². The van der Waals surface area contributed by atoms with E-state index in [2.05, 4.69) is 4.72 Å². The van der Waals surface area contributed by atoms with Gasteiger partial charge in [0.25, 0.3) is 0 Å². The first-order valence-corrected chi connectivity index (χ1v) is 11.1. The van der Waals surface area contributed by atoms with Gasteiger partial charge in [-0.1, -0.05) is 6.92 Å². The van der Waals surface area contributed by atoms with E-state index in [1.807, 2.05) is 20.8 Å². The van der Waals surface area contributed by atoms with E-state index in [0.29, 0.717) is 18.7 Å². The molecule has 1 N–H and O–H groups in total. The highest BCUT2D eigenvalue weighted by Crippen LogP contribution is 2.17. The van der Waals surface area contributed by atoms with Gasteiger partial charge in [0.15, 0.2) is 0 Å². The zero-order valence-corrected chi connectivity index (χ0v) is 16.2. The van der Waals surface area contributed by atoms with Crippen LogP contribution in [-0.4, -0.2) is 53.1 Å². The van der Waals surface area contributed by atoms with Crippen LogP contribution in [0.25, 0.3) is 0 Å². The Morgan fingerprint density at radius 2 is 1.67 bits per heavy atom. The summed E-state index contributed by atoms with van der Waals surface area (Å²) in [4.78, 5) is 0.111. The maximum absolute atomic E-state index is 12.2. The second-order valence-electron chi connectivity index (χ2n) is 5.70. The number of benzene rings is 1. The fourth-order valence-corrected chi connectivity index (χ4v) is 4.01. The van der Waals surface area contributed by atoms with Gasteiger partial charge in [0, 0.05) is 19.6 Å². The first-order chi connectivity index (χ1) is 11.1. The fraction of sp³-hybridized carbons (Fsp3) is 0.600. The SMILES string of the molecule is CCCN(CCNS(=O)(=O)c1ccc(OC(C)C)cc1)S(C)(=O)=O. The molecule has 0 aliphatic heterocycles. The van der Waals surface area contributed by atoms with Crippen molar-refractivity contribution in [1.82, 2.24) is 9.03 Å². The molecule has 0 heterocycles. The third-order valence-corrected chi connectivity index (χ3v) is 5.88. The summed E-state index contributed by atoms with van der Waals surface area (Å²) in [5.41, 5.74) is 0. The van der Waals surface area contributed by atoms with Crippen LogP contribution in [0.5, 0.6) is 5.75 Å². The average Bonchev–Trinajstić information content (AvgIpc) is 2.45. The van der Waals surface area contributed by atoms with Gasteiger partial charge < -0.3 is 4.74 Å².